The van der Waals surface area contributed by atoms with Crippen LogP contribution in [0.25, 0.3) is 32.3 Å². The fourth-order valence-electron chi connectivity index (χ4n) is 3.88. The summed E-state index contributed by atoms with van der Waals surface area (Å²) in [5.41, 5.74) is 1.75. The van der Waals surface area contributed by atoms with E-state index in [1.807, 2.05) is 12.4 Å². The molecule has 1 aromatic heterocycles. The topological polar surface area (TPSA) is 44.3 Å². The Balaban J connectivity index is 1.68. The number of benzene rings is 4. The van der Waals surface area contributed by atoms with Gasteiger partial charge in [-0.05, 0) is 37.8 Å². The molecule has 4 heteroatoms. The monoisotopic (exact) mass is 338 g/mol. The van der Waals surface area contributed by atoms with E-state index < -0.39 is 7.12 Å². The number of hydrogen-bond acceptors (Lipinski definition) is 2. The number of aromatic nitrogens is 1. The summed E-state index contributed by atoms with van der Waals surface area (Å²) in [5, 5.41) is 26.2. The van der Waals surface area contributed by atoms with Gasteiger partial charge in [-0.25, -0.2) is 4.57 Å². The number of pyridine rings is 1. The Bertz CT molecular complexity index is 1220. The molecular formula is C22H17BNO2+. The zero-order chi connectivity index (χ0) is 17.7. The van der Waals surface area contributed by atoms with Crippen LogP contribution in [0.4, 0.5) is 0 Å². The molecule has 0 atom stereocenters. The van der Waals surface area contributed by atoms with Gasteiger partial charge in [-0.15, -0.1) is 0 Å². The Hall–Kier alpha value is -2.95. The van der Waals surface area contributed by atoms with Crippen LogP contribution in [0.5, 0.6) is 0 Å². The Morgan fingerprint density at radius 1 is 0.692 bits per heavy atom. The van der Waals surface area contributed by atoms with Gasteiger partial charge in [0.15, 0.2) is 18.9 Å². The third kappa shape index (κ3) is 2.35. The van der Waals surface area contributed by atoms with Crippen LogP contribution >= 0.6 is 0 Å². The maximum absolute atomic E-state index is 9.25. The Morgan fingerprint density at radius 3 is 2.00 bits per heavy atom. The maximum Gasteiger partial charge on any atom is 0.488 e. The minimum atomic E-state index is -1.43. The average molecular weight is 338 g/mol. The molecule has 2 N–H and O–H groups in total. The molecule has 0 spiro atoms. The molecule has 0 bridgehead atoms. The first-order chi connectivity index (χ1) is 12.7. The third-order valence-corrected chi connectivity index (χ3v) is 5.19. The van der Waals surface area contributed by atoms with Crippen LogP contribution in [0.15, 0.2) is 79.1 Å². The molecule has 3 nitrogen and oxygen atoms in total. The van der Waals surface area contributed by atoms with Gasteiger partial charge >= 0.3 is 7.12 Å². The zero-order valence-corrected chi connectivity index (χ0v) is 14.1. The third-order valence-electron chi connectivity index (χ3n) is 5.19. The van der Waals surface area contributed by atoms with Gasteiger partial charge in [0, 0.05) is 17.7 Å². The zero-order valence-electron chi connectivity index (χ0n) is 14.1. The smallest absolute Gasteiger partial charge is 0.423 e. The standard InChI is InChI=1S/C22H17BNO2/c25-23(26)19-10-12-24(13-11-19)14-18-7-6-17-5-4-15-2-1-3-16-8-9-20(18)22(17)21(15)16/h1-13,25-26H,14H2/q+1. The largest absolute Gasteiger partial charge is 0.488 e. The van der Waals surface area contributed by atoms with Crippen LogP contribution in [0.1, 0.15) is 5.56 Å². The van der Waals surface area contributed by atoms with Gasteiger partial charge < -0.3 is 10.0 Å². The molecule has 0 amide bonds. The molecule has 0 saturated heterocycles. The van der Waals surface area contributed by atoms with Gasteiger partial charge in [-0.3, -0.25) is 0 Å². The van der Waals surface area contributed by atoms with Crippen molar-refractivity contribution >= 4 is 44.9 Å². The summed E-state index contributed by atoms with van der Waals surface area (Å²) in [6, 6.07) is 23.1. The minimum Gasteiger partial charge on any atom is -0.423 e. The van der Waals surface area contributed by atoms with Crippen molar-refractivity contribution in [1.82, 2.24) is 0 Å². The van der Waals surface area contributed by atoms with Crippen molar-refractivity contribution in [3.63, 3.8) is 0 Å². The highest BCUT2D eigenvalue weighted by atomic mass is 16.4. The first-order valence-corrected chi connectivity index (χ1v) is 8.71. The summed E-state index contributed by atoms with van der Waals surface area (Å²) in [6.45, 7) is 0.732. The summed E-state index contributed by atoms with van der Waals surface area (Å²) >= 11 is 0. The van der Waals surface area contributed by atoms with Crippen molar-refractivity contribution in [2.75, 3.05) is 0 Å². The molecular weight excluding hydrogens is 321 g/mol. The van der Waals surface area contributed by atoms with Crippen molar-refractivity contribution in [3.05, 3.63) is 84.7 Å². The van der Waals surface area contributed by atoms with Crippen LogP contribution in [-0.2, 0) is 6.54 Å². The van der Waals surface area contributed by atoms with Gasteiger partial charge in [0.05, 0.1) is 0 Å². The fourth-order valence-corrected chi connectivity index (χ4v) is 3.88. The molecule has 1 heterocycles. The second-order valence-corrected chi connectivity index (χ2v) is 6.76. The number of rotatable bonds is 3. The van der Waals surface area contributed by atoms with Crippen LogP contribution in [0.2, 0.25) is 0 Å². The lowest BCUT2D eigenvalue weighted by molar-refractivity contribution is -0.688. The van der Waals surface area contributed by atoms with E-state index in [4.69, 9.17) is 0 Å². The van der Waals surface area contributed by atoms with E-state index in [0.717, 1.165) is 6.54 Å². The first kappa shape index (κ1) is 15.3. The molecule has 124 valence electrons. The van der Waals surface area contributed by atoms with E-state index in [-0.39, 0.29) is 0 Å². The summed E-state index contributed by atoms with van der Waals surface area (Å²) in [7, 11) is -1.43. The van der Waals surface area contributed by atoms with E-state index >= 15 is 0 Å². The summed E-state index contributed by atoms with van der Waals surface area (Å²) in [4.78, 5) is 0. The lowest BCUT2D eigenvalue weighted by Gasteiger charge is -2.12. The number of nitrogens with zero attached hydrogens (tertiary/aromatic N) is 1. The molecule has 26 heavy (non-hydrogen) atoms. The fraction of sp³-hybridized carbons (Fsp3) is 0.0455. The molecule has 0 radical (unpaired) electrons. The van der Waals surface area contributed by atoms with Crippen LogP contribution in [-0.4, -0.2) is 17.2 Å². The lowest BCUT2D eigenvalue weighted by atomic mass is 9.81. The normalized spacial score (nSPS) is 11.6. The molecule has 0 saturated carbocycles. The maximum atomic E-state index is 9.25. The van der Waals surface area contributed by atoms with E-state index in [1.54, 1.807) is 12.1 Å². The predicted octanol–water partition coefficient (Wildman–Crippen LogP) is 2.60. The minimum absolute atomic E-state index is 0.497. The van der Waals surface area contributed by atoms with Crippen LogP contribution < -0.4 is 10.0 Å². The van der Waals surface area contributed by atoms with Crippen LogP contribution in [0, 0.1) is 0 Å². The van der Waals surface area contributed by atoms with Gasteiger partial charge in [0.2, 0.25) is 0 Å². The molecule has 5 rings (SSSR count). The quantitative estimate of drug-likeness (QED) is 0.302. The van der Waals surface area contributed by atoms with E-state index in [0.29, 0.717) is 5.46 Å². The van der Waals surface area contributed by atoms with E-state index in [1.165, 1.54) is 37.9 Å². The molecule has 0 unspecified atom stereocenters. The van der Waals surface area contributed by atoms with Crippen molar-refractivity contribution in [2.24, 2.45) is 0 Å². The Morgan fingerprint density at radius 2 is 1.31 bits per heavy atom. The van der Waals surface area contributed by atoms with Gasteiger partial charge in [0.25, 0.3) is 0 Å². The van der Waals surface area contributed by atoms with Crippen molar-refractivity contribution < 1.29 is 14.6 Å². The second-order valence-electron chi connectivity index (χ2n) is 6.76. The SMILES string of the molecule is OB(O)c1cc[n+](Cc2ccc3ccc4cccc5ccc2c3c45)cc1. The number of hydrogen-bond donors (Lipinski definition) is 2. The summed E-state index contributed by atoms with van der Waals surface area (Å²) in [6.07, 6.45) is 3.76. The molecule has 0 aliphatic rings. The van der Waals surface area contributed by atoms with Crippen LogP contribution in [0.3, 0.4) is 0 Å². The van der Waals surface area contributed by atoms with Gasteiger partial charge in [-0.2, -0.15) is 0 Å². The first-order valence-electron chi connectivity index (χ1n) is 8.71. The van der Waals surface area contributed by atoms with E-state index in [2.05, 4.69) is 59.2 Å². The van der Waals surface area contributed by atoms with Crippen molar-refractivity contribution in [1.29, 1.82) is 0 Å². The molecule has 4 aromatic carbocycles. The van der Waals surface area contributed by atoms with Gasteiger partial charge in [0.1, 0.15) is 0 Å². The van der Waals surface area contributed by atoms with Gasteiger partial charge in [-0.1, -0.05) is 54.6 Å². The molecule has 5 aromatic rings. The van der Waals surface area contributed by atoms with E-state index in [9.17, 15) is 10.0 Å². The molecule has 0 aliphatic carbocycles. The highest BCUT2D eigenvalue weighted by Gasteiger charge is 2.15. The predicted molar refractivity (Wildman–Crippen MR) is 106 cm³/mol. The second kappa shape index (κ2) is 5.80. The molecule has 0 fully saturated rings. The molecule has 0 aliphatic heterocycles. The highest BCUT2D eigenvalue weighted by molar-refractivity contribution is 6.58. The Kier molecular flexibility index (Phi) is 3.42. The summed E-state index contributed by atoms with van der Waals surface area (Å²) in [5.74, 6) is 0. The summed E-state index contributed by atoms with van der Waals surface area (Å²) < 4.78 is 2.05. The lowest BCUT2D eigenvalue weighted by Crippen LogP contribution is -2.38. The Labute approximate surface area is 151 Å². The van der Waals surface area contributed by atoms with Crippen molar-refractivity contribution in [2.45, 2.75) is 6.54 Å². The average Bonchev–Trinajstić information content (AvgIpc) is 2.67. The highest BCUT2D eigenvalue weighted by Crippen LogP contribution is 2.35. The van der Waals surface area contributed by atoms with Crippen molar-refractivity contribution in [3.8, 4) is 0 Å².